The molecule has 0 aliphatic carbocycles. The van der Waals surface area contributed by atoms with E-state index in [-0.39, 0.29) is 46.2 Å². The summed E-state index contributed by atoms with van der Waals surface area (Å²) in [6.45, 7) is 13.9. The average molecular weight is 633 g/mol. The number of carbonyl (C=O) groups is 2. The summed E-state index contributed by atoms with van der Waals surface area (Å²) >= 11 is 0. The van der Waals surface area contributed by atoms with E-state index in [1.807, 2.05) is 24.1 Å². The molecule has 3 aromatic carbocycles. The fraction of sp³-hybridized carbons (Fsp3) is 0.487. The van der Waals surface area contributed by atoms with E-state index in [2.05, 4.69) is 41.5 Å². The Balaban J connectivity index is 1.37. The summed E-state index contributed by atoms with van der Waals surface area (Å²) < 4.78 is 33.0. The molecule has 7 heteroatoms. The van der Waals surface area contributed by atoms with Gasteiger partial charge in [-0.1, -0.05) is 72.2 Å². The highest BCUT2D eigenvalue weighted by atomic mass is 19.1. The Morgan fingerprint density at radius 3 is 1.83 bits per heavy atom. The van der Waals surface area contributed by atoms with Crippen LogP contribution in [0.5, 0.6) is 5.75 Å². The topological polar surface area (TPSA) is 49.9 Å². The highest BCUT2D eigenvalue weighted by Gasteiger charge is 2.33. The van der Waals surface area contributed by atoms with Crippen molar-refractivity contribution < 1.29 is 23.1 Å². The maximum absolute atomic E-state index is 13.9. The molecule has 1 atom stereocenters. The minimum absolute atomic E-state index is 0.0114. The van der Waals surface area contributed by atoms with Crippen LogP contribution in [0.2, 0.25) is 0 Å². The molecule has 0 saturated carbocycles. The number of ether oxygens (including phenoxy) is 1. The molecule has 1 fully saturated rings. The minimum Gasteiger partial charge on any atom is -0.496 e. The lowest BCUT2D eigenvalue weighted by molar-refractivity contribution is -0.130. The SMILES string of the molecule is COc1c(C(C)(C)C)cc(C(=O)N(C)[C@@H]2CCN(C(=O)CCCCC(c3ccc(F)cc3)c3ccc(F)cc3)C2)cc1C(C)(C)C. The Morgan fingerprint density at radius 2 is 1.37 bits per heavy atom. The van der Waals surface area contributed by atoms with E-state index in [0.29, 0.717) is 31.5 Å². The van der Waals surface area contributed by atoms with Crippen LogP contribution in [0.4, 0.5) is 8.78 Å². The average Bonchev–Trinajstić information content (AvgIpc) is 3.50. The number of carbonyl (C=O) groups excluding carboxylic acids is 2. The van der Waals surface area contributed by atoms with Crippen LogP contribution in [-0.2, 0) is 15.6 Å². The van der Waals surface area contributed by atoms with E-state index in [0.717, 1.165) is 47.3 Å². The van der Waals surface area contributed by atoms with Crippen molar-refractivity contribution in [1.29, 1.82) is 0 Å². The molecule has 0 aromatic heterocycles. The number of hydrogen-bond acceptors (Lipinski definition) is 3. The van der Waals surface area contributed by atoms with Gasteiger partial charge in [-0.25, -0.2) is 8.78 Å². The molecule has 248 valence electrons. The van der Waals surface area contributed by atoms with Crippen molar-refractivity contribution in [2.24, 2.45) is 0 Å². The molecule has 0 spiro atoms. The predicted octanol–water partition coefficient (Wildman–Crippen LogP) is 8.63. The molecule has 1 aliphatic rings. The first-order valence-electron chi connectivity index (χ1n) is 16.4. The van der Waals surface area contributed by atoms with Crippen LogP contribution in [0, 0.1) is 11.6 Å². The molecule has 1 heterocycles. The summed E-state index contributed by atoms with van der Waals surface area (Å²) in [4.78, 5) is 30.7. The highest BCUT2D eigenvalue weighted by Crippen LogP contribution is 2.41. The summed E-state index contributed by atoms with van der Waals surface area (Å²) in [5.74, 6) is 0.276. The second kappa shape index (κ2) is 14.4. The van der Waals surface area contributed by atoms with Crippen molar-refractivity contribution in [2.75, 3.05) is 27.2 Å². The van der Waals surface area contributed by atoms with Crippen LogP contribution >= 0.6 is 0 Å². The van der Waals surface area contributed by atoms with E-state index in [9.17, 15) is 18.4 Å². The summed E-state index contributed by atoms with van der Waals surface area (Å²) in [6, 6.07) is 16.8. The first-order valence-corrected chi connectivity index (χ1v) is 16.4. The van der Waals surface area contributed by atoms with Crippen molar-refractivity contribution in [2.45, 2.75) is 96.4 Å². The number of likely N-dealkylation sites (N-methyl/N-ethyl adjacent to an activating group) is 1. The van der Waals surface area contributed by atoms with Crippen LogP contribution in [0.1, 0.15) is 112 Å². The molecule has 3 aromatic rings. The van der Waals surface area contributed by atoms with Crippen molar-refractivity contribution in [3.63, 3.8) is 0 Å². The molecule has 2 amide bonds. The van der Waals surface area contributed by atoms with E-state index in [1.54, 1.807) is 36.3 Å². The van der Waals surface area contributed by atoms with Crippen molar-refractivity contribution in [3.8, 4) is 5.75 Å². The summed E-state index contributed by atoms with van der Waals surface area (Å²) in [7, 11) is 3.52. The Labute approximate surface area is 273 Å². The fourth-order valence-electron chi connectivity index (χ4n) is 6.44. The lowest BCUT2D eigenvalue weighted by atomic mass is 9.78. The van der Waals surface area contributed by atoms with Gasteiger partial charge in [-0.05, 0) is 77.6 Å². The maximum Gasteiger partial charge on any atom is 0.253 e. The molecule has 4 rings (SSSR count). The first-order chi connectivity index (χ1) is 21.6. The van der Waals surface area contributed by atoms with Gasteiger partial charge in [0.2, 0.25) is 5.91 Å². The number of likely N-dealkylation sites (tertiary alicyclic amines) is 1. The Morgan fingerprint density at radius 1 is 0.870 bits per heavy atom. The molecule has 0 bridgehead atoms. The maximum atomic E-state index is 13.9. The van der Waals surface area contributed by atoms with Gasteiger partial charge in [0.1, 0.15) is 17.4 Å². The monoisotopic (exact) mass is 632 g/mol. The lowest BCUT2D eigenvalue weighted by Gasteiger charge is -2.31. The van der Waals surface area contributed by atoms with Gasteiger partial charge >= 0.3 is 0 Å². The second-order valence-corrected chi connectivity index (χ2v) is 14.7. The van der Waals surface area contributed by atoms with E-state index in [4.69, 9.17) is 4.74 Å². The third-order valence-electron chi connectivity index (χ3n) is 9.22. The molecule has 1 saturated heterocycles. The van der Waals surface area contributed by atoms with Crippen LogP contribution < -0.4 is 4.74 Å². The van der Waals surface area contributed by atoms with Crippen LogP contribution in [0.3, 0.4) is 0 Å². The Hall–Kier alpha value is -3.74. The molecule has 0 N–H and O–H groups in total. The smallest absolute Gasteiger partial charge is 0.253 e. The molecule has 5 nitrogen and oxygen atoms in total. The zero-order chi connectivity index (χ0) is 33.8. The van der Waals surface area contributed by atoms with Crippen molar-refractivity contribution >= 4 is 11.8 Å². The van der Waals surface area contributed by atoms with Gasteiger partial charge in [0.15, 0.2) is 0 Å². The largest absolute Gasteiger partial charge is 0.496 e. The van der Waals surface area contributed by atoms with Crippen LogP contribution in [-0.4, -0.2) is 54.9 Å². The standard InChI is InChI=1S/C39H50F2N2O3/c1-38(2,3)33-23-28(24-34(36(33)46-8)39(4,5)6)37(45)42(7)31-21-22-43(25-31)35(44)12-10-9-11-32(26-13-17-29(40)18-14-26)27-15-19-30(41)20-16-27/h13-20,23-24,31-32H,9-12,21-22,25H2,1-8H3/t31-/m1/s1. The molecular weight excluding hydrogens is 582 g/mol. The summed E-state index contributed by atoms with van der Waals surface area (Å²) in [5, 5.41) is 0. The van der Waals surface area contributed by atoms with Gasteiger partial charge in [-0.15, -0.1) is 0 Å². The zero-order valence-corrected chi connectivity index (χ0v) is 28.8. The minimum atomic E-state index is -0.295. The van der Waals surface area contributed by atoms with E-state index in [1.165, 1.54) is 24.3 Å². The van der Waals surface area contributed by atoms with E-state index < -0.39 is 0 Å². The third kappa shape index (κ3) is 8.34. The van der Waals surface area contributed by atoms with Crippen molar-refractivity contribution in [3.05, 3.63) is 100 Å². The number of rotatable bonds is 10. The summed E-state index contributed by atoms with van der Waals surface area (Å²) in [5.41, 5.74) is 4.15. The van der Waals surface area contributed by atoms with Gasteiger partial charge in [-0.3, -0.25) is 9.59 Å². The highest BCUT2D eigenvalue weighted by molar-refractivity contribution is 5.95. The zero-order valence-electron chi connectivity index (χ0n) is 28.8. The van der Waals surface area contributed by atoms with E-state index >= 15 is 0 Å². The normalized spacial score (nSPS) is 15.4. The van der Waals surface area contributed by atoms with Crippen LogP contribution in [0.15, 0.2) is 60.7 Å². The summed E-state index contributed by atoms with van der Waals surface area (Å²) in [6.07, 6.45) is 3.43. The van der Waals surface area contributed by atoms with Gasteiger partial charge in [0.05, 0.1) is 13.2 Å². The fourth-order valence-corrected chi connectivity index (χ4v) is 6.44. The molecular formula is C39H50F2N2O3. The third-order valence-corrected chi connectivity index (χ3v) is 9.22. The number of halogens is 2. The number of unbranched alkanes of at least 4 members (excludes halogenated alkanes) is 1. The van der Waals surface area contributed by atoms with Gasteiger partial charge in [-0.2, -0.15) is 0 Å². The number of benzene rings is 3. The predicted molar refractivity (Wildman–Crippen MR) is 181 cm³/mol. The lowest BCUT2D eigenvalue weighted by Crippen LogP contribution is -2.40. The number of methoxy groups -OCH3 is 1. The van der Waals surface area contributed by atoms with Crippen molar-refractivity contribution in [1.82, 2.24) is 9.80 Å². The first kappa shape index (κ1) is 35.1. The Kier molecular flexibility index (Phi) is 11.0. The number of hydrogen-bond donors (Lipinski definition) is 0. The van der Waals surface area contributed by atoms with Crippen LogP contribution in [0.25, 0.3) is 0 Å². The Bertz CT molecular complexity index is 1420. The van der Waals surface area contributed by atoms with Gasteiger partial charge in [0.25, 0.3) is 5.91 Å². The molecule has 0 radical (unpaired) electrons. The molecule has 1 aliphatic heterocycles. The molecule has 0 unspecified atom stereocenters. The quantitative estimate of drug-likeness (QED) is 0.210. The van der Waals surface area contributed by atoms with Gasteiger partial charge < -0.3 is 14.5 Å². The van der Waals surface area contributed by atoms with Gasteiger partial charge in [0, 0.05) is 49.2 Å². The second-order valence-electron chi connectivity index (χ2n) is 14.7. The number of amides is 2. The number of nitrogens with zero attached hydrogens (tertiary/aromatic N) is 2. The molecule has 46 heavy (non-hydrogen) atoms.